The summed E-state index contributed by atoms with van der Waals surface area (Å²) in [6.07, 6.45) is 14.0. The third kappa shape index (κ3) is 8.28. The number of carbonyl (C=O) groups is 2. The van der Waals surface area contributed by atoms with Crippen LogP contribution in [0.15, 0.2) is 12.2 Å². The minimum atomic E-state index is -0.987. The minimum Gasteiger partial charge on any atom is -0.481 e. The van der Waals surface area contributed by atoms with Gasteiger partial charge in [-0.3, -0.25) is 18.0 Å². The molecule has 8 heteroatoms. The highest BCUT2D eigenvalue weighted by atomic mass is 32.2. The lowest BCUT2D eigenvalue weighted by Crippen LogP contribution is -2.32. The van der Waals surface area contributed by atoms with Gasteiger partial charge in [-0.2, -0.15) is 0 Å². The normalized spacial score (nSPS) is 30.9. The molecule has 0 aliphatic carbocycles. The number of rotatable bonds is 12. The third-order valence-electron chi connectivity index (χ3n) is 7.64. The summed E-state index contributed by atoms with van der Waals surface area (Å²) in [5, 5.41) is 18.8. The highest BCUT2D eigenvalue weighted by molar-refractivity contribution is 7.86. The molecular weight excluding hydrogens is 472 g/mol. The minimum absolute atomic E-state index is 0.0139. The smallest absolute Gasteiger partial charge is 0.309 e. The van der Waals surface area contributed by atoms with Gasteiger partial charge in [0, 0.05) is 32.1 Å². The molecule has 6 nitrogen and oxygen atoms in total. The topological polar surface area (TPSA) is 109 Å². The van der Waals surface area contributed by atoms with Crippen molar-refractivity contribution in [1.29, 1.82) is 0 Å². The molecule has 2 fully saturated rings. The number of aliphatic carboxylic acids is 2. The van der Waals surface area contributed by atoms with Crippen LogP contribution in [0.3, 0.4) is 0 Å². The molecule has 2 aliphatic heterocycles. The molecule has 2 rings (SSSR count). The quantitative estimate of drug-likeness (QED) is 0.334. The van der Waals surface area contributed by atoms with E-state index in [-0.39, 0.29) is 21.0 Å². The van der Waals surface area contributed by atoms with Crippen LogP contribution in [0.2, 0.25) is 0 Å². The molecule has 6 atom stereocenters. The summed E-state index contributed by atoms with van der Waals surface area (Å²) < 4.78 is 26.3. The number of hydrogen-bond donors (Lipinski definition) is 2. The van der Waals surface area contributed by atoms with Crippen molar-refractivity contribution in [1.82, 2.24) is 0 Å². The summed E-state index contributed by atoms with van der Waals surface area (Å²) in [5.74, 6) is -1.58. The Balaban J connectivity index is 1.87. The van der Waals surface area contributed by atoms with Crippen LogP contribution >= 0.6 is 0 Å². The van der Waals surface area contributed by atoms with E-state index in [1.165, 1.54) is 0 Å². The van der Waals surface area contributed by atoms with Gasteiger partial charge < -0.3 is 10.2 Å². The van der Waals surface area contributed by atoms with Gasteiger partial charge in [-0.05, 0) is 79.1 Å². The van der Waals surface area contributed by atoms with E-state index in [9.17, 15) is 28.2 Å². The van der Waals surface area contributed by atoms with Gasteiger partial charge >= 0.3 is 11.9 Å². The molecule has 0 radical (unpaired) electrons. The number of carboxylic acids is 2. The zero-order valence-corrected chi connectivity index (χ0v) is 22.9. The molecule has 0 spiro atoms. The number of carboxylic acid groups (broad SMARTS) is 2. The second-order valence-corrected chi connectivity index (χ2v) is 15.2. The summed E-state index contributed by atoms with van der Waals surface area (Å²) >= 11 is 0. The van der Waals surface area contributed by atoms with Gasteiger partial charge in [0.05, 0.1) is 21.3 Å². The fraction of sp³-hybridized carbons (Fsp3) is 0.846. The van der Waals surface area contributed by atoms with E-state index in [4.69, 9.17) is 0 Å². The van der Waals surface area contributed by atoms with E-state index in [2.05, 4.69) is 0 Å². The van der Waals surface area contributed by atoms with E-state index in [1.807, 2.05) is 12.2 Å². The highest BCUT2D eigenvalue weighted by Gasteiger charge is 2.33. The molecule has 0 amide bonds. The fourth-order valence-corrected chi connectivity index (χ4v) is 8.80. The van der Waals surface area contributed by atoms with Crippen molar-refractivity contribution >= 4 is 33.5 Å². The van der Waals surface area contributed by atoms with Gasteiger partial charge in [-0.15, -0.1) is 0 Å². The van der Waals surface area contributed by atoms with E-state index in [1.54, 1.807) is 27.7 Å². The Morgan fingerprint density at radius 1 is 0.735 bits per heavy atom. The van der Waals surface area contributed by atoms with Crippen molar-refractivity contribution in [2.75, 3.05) is 0 Å². The molecule has 2 aliphatic rings. The summed E-state index contributed by atoms with van der Waals surface area (Å²) in [7, 11) is -1.97. The second kappa shape index (κ2) is 12.8. The molecule has 2 saturated heterocycles. The summed E-state index contributed by atoms with van der Waals surface area (Å²) in [6.45, 7) is 6.96. The van der Waals surface area contributed by atoms with E-state index in [0.29, 0.717) is 12.8 Å². The van der Waals surface area contributed by atoms with Crippen LogP contribution in [0.25, 0.3) is 0 Å². The fourth-order valence-electron chi connectivity index (χ4n) is 4.93. The second-order valence-electron chi connectivity index (χ2n) is 11.4. The molecule has 6 unspecified atom stereocenters. The van der Waals surface area contributed by atoms with E-state index >= 15 is 0 Å². The number of hydrogen-bond acceptors (Lipinski definition) is 4. The zero-order chi connectivity index (χ0) is 25.5. The molecule has 0 bridgehead atoms. The monoisotopic (exact) mass is 516 g/mol. The maximum atomic E-state index is 13.1. The van der Waals surface area contributed by atoms with Crippen LogP contribution in [0.5, 0.6) is 0 Å². The van der Waals surface area contributed by atoms with Crippen LogP contribution in [-0.2, 0) is 31.2 Å². The molecule has 34 heavy (non-hydrogen) atoms. The average Bonchev–Trinajstić information content (AvgIpc) is 2.75. The van der Waals surface area contributed by atoms with Gasteiger partial charge in [0.25, 0.3) is 0 Å². The summed E-state index contributed by atoms with van der Waals surface area (Å²) in [5.41, 5.74) is -1.50. The predicted molar refractivity (Wildman–Crippen MR) is 139 cm³/mol. The SMILES string of the molecule is CC(C)(CCCC1CCCC(C=CC2CCCC(CCCC(C)(C)C(=O)O)S2=O)S1=O)C(=O)O. The van der Waals surface area contributed by atoms with Crippen molar-refractivity contribution < 1.29 is 28.2 Å². The van der Waals surface area contributed by atoms with Gasteiger partial charge in [-0.25, -0.2) is 0 Å². The molecule has 2 N–H and O–H groups in total. The Labute approximate surface area is 210 Å². The van der Waals surface area contributed by atoms with Gasteiger partial charge in [-0.1, -0.05) is 37.8 Å². The Hall–Kier alpha value is -1.02. The van der Waals surface area contributed by atoms with Crippen molar-refractivity contribution in [2.45, 2.75) is 126 Å². The van der Waals surface area contributed by atoms with Crippen LogP contribution < -0.4 is 0 Å². The average molecular weight is 517 g/mol. The summed E-state index contributed by atoms with van der Waals surface area (Å²) in [4.78, 5) is 22.6. The first-order chi connectivity index (χ1) is 15.8. The first-order valence-electron chi connectivity index (χ1n) is 12.8. The van der Waals surface area contributed by atoms with E-state index in [0.717, 1.165) is 64.2 Å². The molecule has 2 heterocycles. The van der Waals surface area contributed by atoms with Crippen LogP contribution in [0.1, 0.15) is 105 Å². The van der Waals surface area contributed by atoms with Crippen molar-refractivity contribution in [2.24, 2.45) is 10.8 Å². The molecule has 0 saturated carbocycles. The van der Waals surface area contributed by atoms with Gasteiger partial charge in [0.15, 0.2) is 0 Å². The van der Waals surface area contributed by atoms with Crippen LogP contribution in [-0.4, -0.2) is 51.6 Å². The van der Waals surface area contributed by atoms with Gasteiger partial charge in [0.1, 0.15) is 0 Å². The van der Waals surface area contributed by atoms with Crippen molar-refractivity contribution in [3.8, 4) is 0 Å². The molecule has 0 aromatic carbocycles. The molecule has 0 aromatic rings. The highest BCUT2D eigenvalue weighted by Crippen LogP contribution is 2.32. The Morgan fingerprint density at radius 3 is 1.41 bits per heavy atom. The predicted octanol–water partition coefficient (Wildman–Crippen LogP) is 5.44. The largest absolute Gasteiger partial charge is 0.481 e. The molecule has 196 valence electrons. The Kier molecular flexibility index (Phi) is 11.0. The zero-order valence-electron chi connectivity index (χ0n) is 21.3. The van der Waals surface area contributed by atoms with Crippen molar-refractivity contribution in [3.05, 3.63) is 12.2 Å². The van der Waals surface area contributed by atoms with Crippen LogP contribution in [0, 0.1) is 10.8 Å². The summed E-state index contributed by atoms with van der Waals surface area (Å²) in [6, 6.07) is 0. The standard InChI is InChI=1S/C26H44O6S2/c1-25(2,23(27)28)17-7-13-19-9-5-11-21(33(19)31)15-16-22-12-6-10-20(34(22)32)14-8-18-26(3,4)24(29)30/h15-16,19-22H,5-14,17-18H2,1-4H3,(H,27,28)(H,29,30). The molecular formula is C26H44O6S2. The lowest BCUT2D eigenvalue weighted by atomic mass is 9.87. The maximum Gasteiger partial charge on any atom is 0.309 e. The first kappa shape index (κ1) is 29.2. The van der Waals surface area contributed by atoms with Gasteiger partial charge in [0.2, 0.25) is 0 Å². The Morgan fingerprint density at radius 2 is 1.09 bits per heavy atom. The lowest BCUT2D eigenvalue weighted by molar-refractivity contribution is -0.148. The van der Waals surface area contributed by atoms with Crippen molar-refractivity contribution in [3.63, 3.8) is 0 Å². The maximum absolute atomic E-state index is 13.1. The third-order valence-corrected chi connectivity index (χ3v) is 11.9. The molecule has 0 aromatic heterocycles. The lowest BCUT2D eigenvalue weighted by Gasteiger charge is -2.30. The first-order valence-corrected chi connectivity index (χ1v) is 15.3. The van der Waals surface area contributed by atoms with E-state index < -0.39 is 44.4 Å². The Bertz CT molecular complexity index is 724. The van der Waals surface area contributed by atoms with Crippen LogP contribution in [0.4, 0.5) is 0 Å².